The Kier molecular flexibility index (Phi) is 5.47. The molecule has 1 aliphatic rings. The molecule has 3 aromatic carbocycles. The number of hydrogen-bond acceptors (Lipinski definition) is 4. The third-order valence-corrected chi connectivity index (χ3v) is 6.00. The van der Waals surface area contributed by atoms with Gasteiger partial charge >= 0.3 is 5.97 Å². The van der Waals surface area contributed by atoms with Crippen LogP contribution in [0.2, 0.25) is 5.02 Å². The minimum absolute atomic E-state index is 0.235. The summed E-state index contributed by atoms with van der Waals surface area (Å²) in [5.41, 5.74) is 3.79. The first-order valence-corrected chi connectivity index (χ1v) is 10.7. The van der Waals surface area contributed by atoms with Crippen molar-refractivity contribution in [3.8, 4) is 11.5 Å². The Morgan fingerprint density at radius 3 is 2.62 bits per heavy atom. The highest BCUT2D eigenvalue weighted by molar-refractivity contribution is 6.31. The first-order chi connectivity index (χ1) is 15.6. The topological polar surface area (TPSA) is 72.7 Å². The Morgan fingerprint density at radius 2 is 1.78 bits per heavy atom. The van der Waals surface area contributed by atoms with Crippen molar-refractivity contribution in [2.75, 3.05) is 6.79 Å². The van der Waals surface area contributed by atoms with Gasteiger partial charge in [0.05, 0.1) is 0 Å². The van der Waals surface area contributed by atoms with E-state index in [9.17, 15) is 9.90 Å². The van der Waals surface area contributed by atoms with Gasteiger partial charge in [-0.05, 0) is 35.4 Å². The number of halogens is 1. The summed E-state index contributed by atoms with van der Waals surface area (Å²) in [5.74, 6) is 0.504. The second-order valence-corrected chi connectivity index (χ2v) is 8.03. The fourth-order valence-electron chi connectivity index (χ4n) is 4.14. The number of carboxylic acid groups (broad SMARTS) is 1. The number of ether oxygens (including phenoxy) is 2. The minimum atomic E-state index is -0.965. The molecule has 7 heteroatoms. The van der Waals surface area contributed by atoms with Gasteiger partial charge < -0.3 is 24.5 Å². The minimum Gasteiger partial charge on any atom is -0.477 e. The van der Waals surface area contributed by atoms with E-state index in [1.807, 2.05) is 71.3 Å². The van der Waals surface area contributed by atoms with Crippen molar-refractivity contribution in [3.05, 3.63) is 94.1 Å². The third-order valence-electron chi connectivity index (χ3n) is 5.63. The molecule has 32 heavy (non-hydrogen) atoms. The number of hydrogen-bond donors (Lipinski definition) is 2. The zero-order valence-corrected chi connectivity index (χ0v) is 17.9. The maximum absolute atomic E-state index is 12.3. The molecule has 0 fully saturated rings. The van der Waals surface area contributed by atoms with Crippen LogP contribution in [0.5, 0.6) is 11.5 Å². The normalized spacial score (nSPS) is 12.4. The summed E-state index contributed by atoms with van der Waals surface area (Å²) in [6.07, 6.45) is 0. The lowest BCUT2D eigenvalue weighted by molar-refractivity contribution is 0.0684. The number of carbonyl (C=O) groups is 1. The molecule has 0 amide bonds. The highest BCUT2D eigenvalue weighted by atomic mass is 35.5. The Balaban J connectivity index is 1.46. The average Bonchev–Trinajstić information content (AvgIpc) is 3.38. The molecule has 1 aromatic heterocycles. The van der Waals surface area contributed by atoms with E-state index >= 15 is 0 Å². The van der Waals surface area contributed by atoms with Crippen LogP contribution >= 0.6 is 11.6 Å². The molecule has 2 heterocycles. The number of nitrogens with zero attached hydrogens (tertiary/aromatic N) is 1. The van der Waals surface area contributed by atoms with Crippen molar-refractivity contribution in [1.29, 1.82) is 0 Å². The van der Waals surface area contributed by atoms with Gasteiger partial charge in [0.2, 0.25) is 6.79 Å². The van der Waals surface area contributed by atoms with Gasteiger partial charge in [-0.1, -0.05) is 54.1 Å². The molecule has 0 unspecified atom stereocenters. The van der Waals surface area contributed by atoms with E-state index in [0.717, 1.165) is 39.1 Å². The zero-order valence-electron chi connectivity index (χ0n) is 17.2. The van der Waals surface area contributed by atoms with Crippen LogP contribution in [0, 0.1) is 0 Å². The second-order valence-electron chi connectivity index (χ2n) is 7.62. The van der Waals surface area contributed by atoms with Gasteiger partial charge in [-0.3, -0.25) is 0 Å². The molecule has 0 saturated heterocycles. The van der Waals surface area contributed by atoms with Crippen molar-refractivity contribution >= 4 is 28.5 Å². The van der Waals surface area contributed by atoms with Gasteiger partial charge in [-0.25, -0.2) is 4.79 Å². The molecule has 0 spiro atoms. The molecule has 0 bridgehead atoms. The van der Waals surface area contributed by atoms with E-state index < -0.39 is 5.97 Å². The predicted molar refractivity (Wildman–Crippen MR) is 123 cm³/mol. The number of fused-ring (bicyclic) bond motifs is 2. The number of rotatable bonds is 7. The van der Waals surface area contributed by atoms with Crippen LogP contribution in [0.15, 0.2) is 66.7 Å². The average molecular weight is 449 g/mol. The molecule has 5 rings (SSSR count). The van der Waals surface area contributed by atoms with Crippen molar-refractivity contribution in [2.45, 2.75) is 19.6 Å². The monoisotopic (exact) mass is 448 g/mol. The number of para-hydroxylation sites is 1. The fourth-order valence-corrected chi connectivity index (χ4v) is 4.34. The summed E-state index contributed by atoms with van der Waals surface area (Å²) in [4.78, 5) is 12.3. The van der Waals surface area contributed by atoms with Crippen LogP contribution in [0.25, 0.3) is 10.9 Å². The predicted octanol–water partition coefficient (Wildman–Crippen LogP) is 5.06. The van der Waals surface area contributed by atoms with Crippen molar-refractivity contribution in [2.24, 2.45) is 0 Å². The summed E-state index contributed by atoms with van der Waals surface area (Å²) >= 11 is 6.36. The second kappa shape index (κ2) is 8.57. The first-order valence-electron chi connectivity index (χ1n) is 10.3. The lowest BCUT2D eigenvalue weighted by Gasteiger charge is -2.11. The molecule has 6 nitrogen and oxygen atoms in total. The van der Waals surface area contributed by atoms with Crippen molar-refractivity contribution in [1.82, 2.24) is 9.88 Å². The highest BCUT2D eigenvalue weighted by Gasteiger charge is 2.22. The lowest BCUT2D eigenvalue weighted by Crippen LogP contribution is -2.17. The van der Waals surface area contributed by atoms with Crippen LogP contribution in [0.1, 0.15) is 27.2 Å². The molecule has 162 valence electrons. The molecule has 0 atom stereocenters. The number of carboxylic acids is 1. The quantitative estimate of drug-likeness (QED) is 0.413. The smallest absolute Gasteiger partial charge is 0.352 e. The van der Waals surface area contributed by atoms with E-state index in [2.05, 4.69) is 5.32 Å². The third kappa shape index (κ3) is 3.79. The lowest BCUT2D eigenvalue weighted by atomic mass is 10.1. The van der Waals surface area contributed by atoms with Gasteiger partial charge in [-0.2, -0.15) is 0 Å². The van der Waals surface area contributed by atoms with Crippen LogP contribution in [0.4, 0.5) is 0 Å². The van der Waals surface area contributed by atoms with E-state index in [1.165, 1.54) is 0 Å². The van der Waals surface area contributed by atoms with Crippen LogP contribution in [0.3, 0.4) is 0 Å². The standard InChI is InChI=1S/C25H21ClN2O4/c26-20-7-3-1-5-17(20)14-28-21-8-4-2-6-18(21)19(24(28)25(29)30)13-27-12-16-9-10-22-23(11-16)32-15-31-22/h1-11,27H,12-15H2,(H,29,30). The zero-order chi connectivity index (χ0) is 22.1. The van der Waals surface area contributed by atoms with Gasteiger partial charge in [-0.15, -0.1) is 0 Å². The summed E-state index contributed by atoms with van der Waals surface area (Å²) in [5, 5.41) is 15.0. The van der Waals surface area contributed by atoms with Gasteiger partial charge in [0.25, 0.3) is 0 Å². The van der Waals surface area contributed by atoms with Gasteiger partial charge in [0, 0.05) is 41.1 Å². The maximum Gasteiger partial charge on any atom is 0.352 e. The number of benzene rings is 3. The van der Waals surface area contributed by atoms with Crippen LogP contribution < -0.4 is 14.8 Å². The summed E-state index contributed by atoms with van der Waals surface area (Å²) < 4.78 is 12.6. The Hall–Kier alpha value is -3.48. The van der Waals surface area contributed by atoms with E-state index in [-0.39, 0.29) is 12.5 Å². The molecule has 1 aliphatic heterocycles. The largest absolute Gasteiger partial charge is 0.477 e. The van der Waals surface area contributed by atoms with E-state index in [0.29, 0.717) is 24.7 Å². The molecular formula is C25H21ClN2O4. The van der Waals surface area contributed by atoms with Crippen LogP contribution in [-0.2, 0) is 19.6 Å². The molecule has 0 aliphatic carbocycles. The molecule has 2 N–H and O–H groups in total. The summed E-state index contributed by atoms with van der Waals surface area (Å²) in [6.45, 7) is 1.59. The fraction of sp³-hybridized carbons (Fsp3) is 0.160. The van der Waals surface area contributed by atoms with E-state index in [1.54, 1.807) is 0 Å². The first kappa shape index (κ1) is 20.4. The van der Waals surface area contributed by atoms with E-state index in [4.69, 9.17) is 21.1 Å². The van der Waals surface area contributed by atoms with Crippen LogP contribution in [-0.4, -0.2) is 22.4 Å². The summed E-state index contributed by atoms with van der Waals surface area (Å²) in [6, 6.07) is 21.0. The van der Waals surface area contributed by atoms with Gasteiger partial charge in [0.15, 0.2) is 11.5 Å². The molecule has 0 saturated carbocycles. The maximum atomic E-state index is 12.3. The van der Waals surface area contributed by atoms with Gasteiger partial charge in [0.1, 0.15) is 5.69 Å². The van der Waals surface area contributed by atoms with Crippen molar-refractivity contribution in [3.63, 3.8) is 0 Å². The Bertz CT molecular complexity index is 1310. The number of nitrogens with one attached hydrogen (secondary N) is 1. The Morgan fingerprint density at radius 1 is 1.00 bits per heavy atom. The molecule has 0 radical (unpaired) electrons. The molecule has 4 aromatic rings. The number of aromatic nitrogens is 1. The SMILES string of the molecule is O=C(O)c1c(CNCc2ccc3c(c2)OCO3)c2ccccc2n1Cc1ccccc1Cl. The summed E-state index contributed by atoms with van der Waals surface area (Å²) in [7, 11) is 0. The highest BCUT2D eigenvalue weighted by Crippen LogP contribution is 2.33. The number of aromatic carboxylic acids is 1. The Labute approximate surface area is 190 Å². The van der Waals surface area contributed by atoms with Crippen molar-refractivity contribution < 1.29 is 19.4 Å². The molecular weight excluding hydrogens is 428 g/mol.